The maximum absolute atomic E-state index is 13.4. The van der Waals surface area contributed by atoms with E-state index < -0.39 is 5.54 Å². The number of fused-ring (bicyclic) bond motifs is 3. The number of nitrogens with one attached hydrogen (secondary N) is 1. The van der Waals surface area contributed by atoms with Gasteiger partial charge in [-0.25, -0.2) is 24.3 Å². The number of urea groups is 1. The predicted molar refractivity (Wildman–Crippen MR) is 120 cm³/mol. The summed E-state index contributed by atoms with van der Waals surface area (Å²) < 4.78 is 1.80. The van der Waals surface area contributed by atoms with E-state index in [9.17, 15) is 4.79 Å². The number of aromatic nitrogens is 5. The van der Waals surface area contributed by atoms with E-state index in [0.717, 1.165) is 53.8 Å². The van der Waals surface area contributed by atoms with Crippen molar-refractivity contribution in [3.63, 3.8) is 0 Å². The van der Waals surface area contributed by atoms with Gasteiger partial charge in [-0.3, -0.25) is 0 Å². The highest BCUT2D eigenvalue weighted by molar-refractivity contribution is 5.92. The summed E-state index contributed by atoms with van der Waals surface area (Å²) in [5.74, 6) is 1.36. The van der Waals surface area contributed by atoms with Gasteiger partial charge in [0, 0.05) is 35.9 Å². The molecule has 2 amide bonds. The van der Waals surface area contributed by atoms with Crippen LogP contribution in [0.3, 0.4) is 0 Å². The van der Waals surface area contributed by atoms with Gasteiger partial charge < -0.3 is 10.2 Å². The number of carbonyl (C=O) groups excluding carboxylic acids is 1. The van der Waals surface area contributed by atoms with Crippen LogP contribution in [0.2, 0.25) is 0 Å². The molecule has 0 saturated carbocycles. The SMILES string of the molecule is Cc1ccc(NC(=O)N2[C@@H]3CCC[C@@]2(c2ncccn2)C3)cc1-c1ncc2cccn2n1. The molecule has 2 fully saturated rings. The molecule has 4 aromatic rings. The molecule has 0 radical (unpaired) electrons. The van der Waals surface area contributed by atoms with Gasteiger partial charge in [-0.2, -0.15) is 0 Å². The van der Waals surface area contributed by atoms with Gasteiger partial charge in [0.05, 0.1) is 11.7 Å². The Morgan fingerprint density at radius 2 is 2.03 bits per heavy atom. The summed E-state index contributed by atoms with van der Waals surface area (Å²) >= 11 is 0. The molecular weight excluding hydrogens is 402 g/mol. The fraction of sp³-hybridized carbons (Fsp3) is 0.292. The third-order valence-electron chi connectivity index (χ3n) is 6.74. The van der Waals surface area contributed by atoms with Gasteiger partial charge in [-0.1, -0.05) is 6.07 Å². The van der Waals surface area contributed by atoms with Crippen molar-refractivity contribution >= 4 is 17.2 Å². The van der Waals surface area contributed by atoms with Crippen LogP contribution in [0.5, 0.6) is 0 Å². The van der Waals surface area contributed by atoms with E-state index in [1.165, 1.54) is 0 Å². The van der Waals surface area contributed by atoms with Gasteiger partial charge in [0.15, 0.2) is 11.6 Å². The average Bonchev–Trinajstić information content (AvgIpc) is 3.29. The zero-order valence-corrected chi connectivity index (χ0v) is 17.8. The van der Waals surface area contributed by atoms with E-state index in [-0.39, 0.29) is 12.1 Å². The maximum atomic E-state index is 13.4. The van der Waals surface area contributed by atoms with Gasteiger partial charge in [0.1, 0.15) is 5.54 Å². The van der Waals surface area contributed by atoms with Crippen molar-refractivity contribution in [2.24, 2.45) is 0 Å². The lowest BCUT2D eigenvalue weighted by atomic mass is 9.67. The van der Waals surface area contributed by atoms with Crippen molar-refractivity contribution in [3.05, 3.63) is 72.6 Å². The molecule has 6 rings (SSSR count). The molecule has 8 heteroatoms. The van der Waals surface area contributed by atoms with Crippen molar-refractivity contribution in [2.75, 3.05) is 5.32 Å². The van der Waals surface area contributed by atoms with Crippen molar-refractivity contribution < 1.29 is 4.79 Å². The Balaban J connectivity index is 1.30. The molecular formula is C24H23N7O. The minimum absolute atomic E-state index is 0.106. The van der Waals surface area contributed by atoms with Gasteiger partial charge in [0.2, 0.25) is 0 Å². The van der Waals surface area contributed by atoms with Crippen molar-refractivity contribution in [2.45, 2.75) is 44.2 Å². The summed E-state index contributed by atoms with van der Waals surface area (Å²) in [6, 6.07) is 11.7. The number of anilines is 1. The number of piperidine rings is 1. The molecule has 2 atom stereocenters. The minimum Gasteiger partial charge on any atom is -0.308 e. The van der Waals surface area contributed by atoms with Crippen molar-refractivity contribution in [1.82, 2.24) is 29.5 Å². The molecule has 2 aliphatic rings. The number of benzene rings is 1. The summed E-state index contributed by atoms with van der Waals surface area (Å²) in [6.07, 6.45) is 11.1. The van der Waals surface area contributed by atoms with Crippen LogP contribution in [0.1, 0.15) is 37.1 Å². The summed E-state index contributed by atoms with van der Waals surface area (Å²) in [7, 11) is 0. The third-order valence-corrected chi connectivity index (χ3v) is 6.74. The topological polar surface area (TPSA) is 88.3 Å². The monoisotopic (exact) mass is 425 g/mol. The van der Waals surface area contributed by atoms with E-state index in [1.807, 2.05) is 54.4 Å². The number of amides is 2. The van der Waals surface area contributed by atoms with Crippen LogP contribution in [-0.2, 0) is 5.54 Å². The average molecular weight is 425 g/mol. The second-order valence-electron chi connectivity index (χ2n) is 8.64. The molecule has 0 spiro atoms. The van der Waals surface area contributed by atoms with Crippen LogP contribution in [0, 0.1) is 6.92 Å². The Morgan fingerprint density at radius 3 is 2.88 bits per heavy atom. The maximum Gasteiger partial charge on any atom is 0.322 e. The Kier molecular flexibility index (Phi) is 4.21. The molecule has 2 aliphatic heterocycles. The van der Waals surface area contributed by atoms with Gasteiger partial charge >= 0.3 is 6.03 Å². The largest absolute Gasteiger partial charge is 0.322 e. The summed E-state index contributed by atoms with van der Waals surface area (Å²) in [5.41, 5.74) is 3.20. The standard InChI is InChI=1S/C24H23N7O/c1-16-7-8-17(13-20(16)21-27-15-19-6-3-12-30(19)29-21)28-23(32)31-18-5-2-9-24(31,14-18)22-25-10-4-11-26-22/h3-4,6-8,10-13,15,18H,2,5,9,14H2,1H3,(H,28,32)/t18-,24+/m1/s1. The fourth-order valence-electron chi connectivity index (χ4n) is 5.19. The van der Waals surface area contributed by atoms with E-state index in [1.54, 1.807) is 23.1 Å². The summed E-state index contributed by atoms with van der Waals surface area (Å²) in [4.78, 5) is 28.8. The Bertz CT molecular complexity index is 1310. The first-order chi connectivity index (χ1) is 15.6. The summed E-state index contributed by atoms with van der Waals surface area (Å²) in [5, 5.41) is 7.72. The van der Waals surface area contributed by atoms with Crippen LogP contribution in [0.4, 0.5) is 10.5 Å². The lowest BCUT2D eigenvalue weighted by Crippen LogP contribution is -2.69. The number of carbonyl (C=O) groups is 1. The zero-order chi connectivity index (χ0) is 21.7. The first-order valence-electron chi connectivity index (χ1n) is 10.9. The first kappa shape index (κ1) is 18.9. The molecule has 1 aromatic carbocycles. The summed E-state index contributed by atoms with van der Waals surface area (Å²) in [6.45, 7) is 2.02. The van der Waals surface area contributed by atoms with Gasteiger partial charge in [0.25, 0.3) is 0 Å². The number of aryl methyl sites for hydroxylation is 1. The smallest absolute Gasteiger partial charge is 0.308 e. The lowest BCUT2D eigenvalue weighted by molar-refractivity contribution is -0.0808. The van der Waals surface area contributed by atoms with Crippen LogP contribution >= 0.6 is 0 Å². The normalized spacial score (nSPS) is 21.9. The molecule has 160 valence electrons. The molecule has 2 bridgehead atoms. The zero-order valence-electron chi connectivity index (χ0n) is 17.8. The Morgan fingerprint density at radius 1 is 1.16 bits per heavy atom. The fourth-order valence-corrected chi connectivity index (χ4v) is 5.19. The van der Waals surface area contributed by atoms with Crippen LogP contribution in [-0.4, -0.2) is 41.5 Å². The van der Waals surface area contributed by atoms with Crippen LogP contribution < -0.4 is 5.32 Å². The Hall–Kier alpha value is -3.81. The number of hydrogen-bond acceptors (Lipinski definition) is 5. The highest BCUT2D eigenvalue weighted by Gasteiger charge is 2.59. The van der Waals surface area contributed by atoms with E-state index in [2.05, 4.69) is 25.4 Å². The van der Waals surface area contributed by atoms with E-state index >= 15 is 0 Å². The highest BCUT2D eigenvalue weighted by Crippen LogP contribution is 2.53. The number of nitrogens with zero attached hydrogens (tertiary/aromatic N) is 6. The molecule has 32 heavy (non-hydrogen) atoms. The lowest BCUT2D eigenvalue weighted by Gasteiger charge is -2.60. The number of rotatable bonds is 3. The molecule has 0 unspecified atom stereocenters. The molecule has 0 aliphatic carbocycles. The molecule has 2 saturated heterocycles. The van der Waals surface area contributed by atoms with Crippen molar-refractivity contribution in [1.29, 1.82) is 0 Å². The van der Waals surface area contributed by atoms with Gasteiger partial charge in [-0.05, 0) is 68.5 Å². The van der Waals surface area contributed by atoms with Crippen LogP contribution in [0.25, 0.3) is 16.9 Å². The number of hydrogen-bond donors (Lipinski definition) is 1. The van der Waals surface area contributed by atoms with Crippen molar-refractivity contribution in [3.8, 4) is 11.4 Å². The second kappa shape index (κ2) is 7.12. The van der Waals surface area contributed by atoms with E-state index in [0.29, 0.717) is 5.82 Å². The molecule has 1 N–H and O–H groups in total. The quantitative estimate of drug-likeness (QED) is 0.532. The Labute approximate surface area is 185 Å². The molecule has 5 heterocycles. The predicted octanol–water partition coefficient (Wildman–Crippen LogP) is 4.18. The molecule has 3 aromatic heterocycles. The first-order valence-corrected chi connectivity index (χ1v) is 10.9. The second-order valence-corrected chi connectivity index (χ2v) is 8.64. The van der Waals surface area contributed by atoms with E-state index in [4.69, 9.17) is 0 Å². The highest BCUT2D eigenvalue weighted by atomic mass is 16.2. The minimum atomic E-state index is -0.398. The third kappa shape index (κ3) is 2.86. The molecule has 8 nitrogen and oxygen atoms in total. The van der Waals surface area contributed by atoms with Crippen LogP contribution in [0.15, 0.2) is 61.2 Å². The van der Waals surface area contributed by atoms with Gasteiger partial charge in [-0.15, -0.1) is 5.10 Å².